The molecule has 0 aliphatic carbocycles. The zero-order valence-electron chi connectivity index (χ0n) is 18.1. The standard InChI is InChI=1S/C24H22N6O2S/c1-15-11-12-16(13-21(15)33(31,32)25-2)23-17-7-3-4-8-18(17)24(30-29-23)26-14-22-27-19-9-5-6-10-20(19)28-22/h3-13,25H,14H2,1-2H3,(H,26,30)(H,27,28). The number of H-pyrrole nitrogens is 1. The van der Waals surface area contributed by atoms with Crippen LogP contribution in [0.15, 0.2) is 71.6 Å². The highest BCUT2D eigenvalue weighted by molar-refractivity contribution is 7.89. The predicted octanol–water partition coefficient (Wildman–Crippen LogP) is 4.00. The molecule has 3 aromatic carbocycles. The summed E-state index contributed by atoms with van der Waals surface area (Å²) in [6, 6.07) is 20.9. The minimum Gasteiger partial charge on any atom is -0.361 e. The maximum atomic E-state index is 12.4. The molecule has 2 heterocycles. The van der Waals surface area contributed by atoms with Gasteiger partial charge in [-0.05, 0) is 37.7 Å². The summed E-state index contributed by atoms with van der Waals surface area (Å²) in [5.41, 5.74) is 3.85. The number of benzene rings is 3. The van der Waals surface area contributed by atoms with Gasteiger partial charge in [0.15, 0.2) is 5.82 Å². The minimum absolute atomic E-state index is 0.223. The number of anilines is 1. The number of para-hydroxylation sites is 2. The first kappa shape index (κ1) is 21.0. The van der Waals surface area contributed by atoms with E-state index in [2.05, 4.69) is 30.2 Å². The molecule has 0 atom stereocenters. The van der Waals surface area contributed by atoms with Gasteiger partial charge in [-0.1, -0.05) is 48.5 Å². The van der Waals surface area contributed by atoms with Crippen LogP contribution in [0.1, 0.15) is 11.4 Å². The van der Waals surface area contributed by atoms with Gasteiger partial charge in [0.2, 0.25) is 10.0 Å². The van der Waals surface area contributed by atoms with Crippen molar-refractivity contribution in [2.24, 2.45) is 0 Å². The number of imidazole rings is 1. The minimum atomic E-state index is -3.59. The first-order valence-electron chi connectivity index (χ1n) is 10.4. The molecule has 0 spiro atoms. The number of aromatic nitrogens is 4. The first-order valence-corrected chi connectivity index (χ1v) is 11.9. The molecule has 9 heteroatoms. The lowest BCUT2D eigenvalue weighted by Gasteiger charge is -2.12. The van der Waals surface area contributed by atoms with Crippen LogP contribution in [0.3, 0.4) is 0 Å². The average molecular weight is 459 g/mol. The maximum absolute atomic E-state index is 12.4. The first-order chi connectivity index (χ1) is 16.0. The summed E-state index contributed by atoms with van der Waals surface area (Å²) in [5.74, 6) is 1.43. The Morgan fingerprint density at radius 1 is 0.939 bits per heavy atom. The van der Waals surface area contributed by atoms with E-state index in [1.165, 1.54) is 7.05 Å². The van der Waals surface area contributed by atoms with E-state index in [1.807, 2.05) is 54.6 Å². The Bertz CT molecular complexity index is 1560. The van der Waals surface area contributed by atoms with Crippen molar-refractivity contribution < 1.29 is 8.42 Å². The van der Waals surface area contributed by atoms with E-state index < -0.39 is 10.0 Å². The second-order valence-electron chi connectivity index (χ2n) is 7.68. The monoisotopic (exact) mass is 458 g/mol. The Kier molecular flexibility index (Phi) is 5.27. The van der Waals surface area contributed by atoms with Crippen LogP contribution in [0.25, 0.3) is 33.1 Å². The fourth-order valence-electron chi connectivity index (χ4n) is 3.85. The lowest BCUT2D eigenvalue weighted by molar-refractivity contribution is 0.587. The zero-order chi connectivity index (χ0) is 23.0. The number of nitrogens with zero attached hydrogens (tertiary/aromatic N) is 3. The van der Waals surface area contributed by atoms with E-state index in [-0.39, 0.29) is 4.90 Å². The number of rotatable bonds is 6. The predicted molar refractivity (Wildman–Crippen MR) is 129 cm³/mol. The average Bonchev–Trinajstić information content (AvgIpc) is 3.26. The molecule has 3 N–H and O–H groups in total. The normalized spacial score (nSPS) is 11.8. The van der Waals surface area contributed by atoms with E-state index in [0.717, 1.165) is 27.6 Å². The molecule has 0 amide bonds. The van der Waals surface area contributed by atoms with Crippen LogP contribution in [0.5, 0.6) is 0 Å². The van der Waals surface area contributed by atoms with Gasteiger partial charge in [0.25, 0.3) is 0 Å². The topological polar surface area (TPSA) is 113 Å². The number of fused-ring (bicyclic) bond motifs is 2. The van der Waals surface area contributed by atoms with Gasteiger partial charge in [-0.15, -0.1) is 10.2 Å². The van der Waals surface area contributed by atoms with Crippen molar-refractivity contribution in [3.05, 3.63) is 78.1 Å². The summed E-state index contributed by atoms with van der Waals surface area (Å²) in [4.78, 5) is 8.11. The molecule has 0 aliphatic heterocycles. The molecule has 0 fully saturated rings. The van der Waals surface area contributed by atoms with Gasteiger partial charge in [-0.3, -0.25) is 0 Å². The van der Waals surface area contributed by atoms with Crippen LogP contribution < -0.4 is 10.0 Å². The highest BCUT2D eigenvalue weighted by atomic mass is 32.2. The van der Waals surface area contributed by atoms with Gasteiger partial charge in [-0.2, -0.15) is 0 Å². The lowest BCUT2D eigenvalue weighted by atomic mass is 10.0. The van der Waals surface area contributed by atoms with Crippen LogP contribution in [-0.2, 0) is 16.6 Å². The zero-order valence-corrected chi connectivity index (χ0v) is 18.9. The summed E-state index contributed by atoms with van der Waals surface area (Å²) in [5, 5.41) is 14.0. The molecule has 0 radical (unpaired) electrons. The molecule has 8 nitrogen and oxygen atoms in total. The highest BCUT2D eigenvalue weighted by Gasteiger charge is 2.18. The third kappa shape index (κ3) is 3.92. The lowest BCUT2D eigenvalue weighted by Crippen LogP contribution is -2.19. The second-order valence-corrected chi connectivity index (χ2v) is 9.54. The van der Waals surface area contributed by atoms with Gasteiger partial charge < -0.3 is 10.3 Å². The number of aromatic amines is 1. The Labute approximate surface area is 191 Å². The van der Waals surface area contributed by atoms with Gasteiger partial charge in [0.05, 0.1) is 22.5 Å². The van der Waals surface area contributed by atoms with Crippen LogP contribution in [0.2, 0.25) is 0 Å². The van der Waals surface area contributed by atoms with E-state index in [9.17, 15) is 8.42 Å². The highest BCUT2D eigenvalue weighted by Crippen LogP contribution is 2.31. The maximum Gasteiger partial charge on any atom is 0.240 e. The van der Waals surface area contributed by atoms with Crippen LogP contribution in [0, 0.1) is 6.92 Å². The molecule has 5 aromatic rings. The van der Waals surface area contributed by atoms with E-state index >= 15 is 0 Å². The van der Waals surface area contributed by atoms with Gasteiger partial charge >= 0.3 is 0 Å². The Hall–Kier alpha value is -3.82. The van der Waals surface area contributed by atoms with Crippen LogP contribution >= 0.6 is 0 Å². The summed E-state index contributed by atoms with van der Waals surface area (Å²) >= 11 is 0. The van der Waals surface area contributed by atoms with E-state index in [1.54, 1.807) is 19.1 Å². The summed E-state index contributed by atoms with van der Waals surface area (Å²) < 4.78 is 27.3. The van der Waals surface area contributed by atoms with E-state index in [4.69, 9.17) is 0 Å². The smallest absolute Gasteiger partial charge is 0.240 e. The largest absolute Gasteiger partial charge is 0.361 e. The molecule has 2 aromatic heterocycles. The van der Waals surface area contributed by atoms with Crippen molar-refractivity contribution in [2.45, 2.75) is 18.4 Å². The molecule has 0 saturated heterocycles. The molecule has 0 unspecified atom stereocenters. The molecule has 0 bridgehead atoms. The summed E-state index contributed by atoms with van der Waals surface area (Å²) in [7, 11) is -2.19. The Balaban J connectivity index is 1.53. The molecule has 0 saturated carbocycles. The number of aryl methyl sites for hydroxylation is 1. The van der Waals surface area contributed by atoms with Crippen LogP contribution in [-0.4, -0.2) is 35.6 Å². The van der Waals surface area contributed by atoms with Gasteiger partial charge in [-0.25, -0.2) is 18.1 Å². The third-order valence-corrected chi connectivity index (χ3v) is 7.13. The molecule has 0 aliphatic rings. The third-order valence-electron chi connectivity index (χ3n) is 5.57. The fraction of sp³-hybridized carbons (Fsp3) is 0.125. The quantitative estimate of drug-likeness (QED) is 0.355. The summed E-state index contributed by atoms with van der Waals surface area (Å²) in [6.45, 7) is 2.23. The van der Waals surface area contributed by atoms with Crippen molar-refractivity contribution in [1.29, 1.82) is 0 Å². The van der Waals surface area contributed by atoms with Crippen molar-refractivity contribution >= 4 is 37.6 Å². The molecule has 166 valence electrons. The SMILES string of the molecule is CNS(=O)(=O)c1cc(-c2nnc(NCc3nc4ccccc4[nH]3)c3ccccc23)ccc1C. The molecular formula is C24H22N6O2S. The van der Waals surface area contributed by atoms with Gasteiger partial charge in [0, 0.05) is 16.3 Å². The van der Waals surface area contributed by atoms with E-state index in [0.29, 0.717) is 29.2 Å². The van der Waals surface area contributed by atoms with Crippen molar-refractivity contribution in [3.63, 3.8) is 0 Å². The second kappa shape index (κ2) is 8.27. The number of sulfonamides is 1. The molecule has 5 rings (SSSR count). The fourth-order valence-corrected chi connectivity index (χ4v) is 4.85. The van der Waals surface area contributed by atoms with Crippen LogP contribution in [0.4, 0.5) is 5.82 Å². The van der Waals surface area contributed by atoms with Crippen molar-refractivity contribution in [2.75, 3.05) is 12.4 Å². The molecule has 33 heavy (non-hydrogen) atoms. The van der Waals surface area contributed by atoms with Crippen molar-refractivity contribution in [1.82, 2.24) is 24.9 Å². The summed E-state index contributed by atoms with van der Waals surface area (Å²) in [6.07, 6.45) is 0. The number of hydrogen-bond acceptors (Lipinski definition) is 6. The molecular weight excluding hydrogens is 436 g/mol. The van der Waals surface area contributed by atoms with Crippen molar-refractivity contribution in [3.8, 4) is 11.3 Å². The Morgan fingerprint density at radius 3 is 2.48 bits per heavy atom. The van der Waals surface area contributed by atoms with Gasteiger partial charge in [0.1, 0.15) is 11.5 Å². The number of nitrogens with one attached hydrogen (secondary N) is 3. The number of hydrogen-bond donors (Lipinski definition) is 3. The Morgan fingerprint density at radius 2 is 1.70 bits per heavy atom.